The minimum absolute atomic E-state index is 0.171. The van der Waals surface area contributed by atoms with E-state index in [-0.39, 0.29) is 23.4 Å². The lowest BCUT2D eigenvalue weighted by molar-refractivity contribution is -0.144. The van der Waals surface area contributed by atoms with Gasteiger partial charge >= 0.3 is 0 Å². The third kappa shape index (κ3) is 3.29. The van der Waals surface area contributed by atoms with Gasteiger partial charge in [-0.25, -0.2) is 0 Å². The summed E-state index contributed by atoms with van der Waals surface area (Å²) in [6.45, 7) is 11.1. The zero-order valence-electron chi connectivity index (χ0n) is 19.2. The number of fused-ring (bicyclic) bond motifs is 5. The molecular weight excluding hydrogens is 358 g/mol. The molecule has 3 aliphatic rings. The molecule has 0 saturated heterocycles. The fourth-order valence-electron chi connectivity index (χ4n) is 7.38. The fourth-order valence-corrected chi connectivity index (χ4v) is 7.38. The van der Waals surface area contributed by atoms with Gasteiger partial charge in [0.25, 0.3) is 0 Å². The molecule has 3 heteroatoms. The first-order chi connectivity index (χ1) is 13.8. The zero-order chi connectivity index (χ0) is 20.9. The van der Waals surface area contributed by atoms with Crippen LogP contribution in [0.15, 0.2) is 18.2 Å². The van der Waals surface area contributed by atoms with Crippen LogP contribution in [0, 0.1) is 23.2 Å². The summed E-state index contributed by atoms with van der Waals surface area (Å²) in [7, 11) is 1.76. The van der Waals surface area contributed by atoms with Crippen molar-refractivity contribution in [3.63, 3.8) is 0 Å². The molecule has 0 unspecified atom stereocenters. The number of ether oxygens (including phenoxy) is 1. The molecule has 29 heavy (non-hydrogen) atoms. The SMILES string of the molecule is COc1ccc2c(c1)CC[C@@H]1[C@@H]2CC[C@]2(C)[C@@H](C(=O)N(C(C)C)C(C)C)CC[C@@H]12. The van der Waals surface area contributed by atoms with Crippen LogP contribution >= 0.6 is 0 Å². The Morgan fingerprint density at radius 2 is 1.83 bits per heavy atom. The first-order valence-electron chi connectivity index (χ1n) is 11.8. The summed E-state index contributed by atoms with van der Waals surface area (Å²) >= 11 is 0. The standard InChI is InChI=1S/C26H39NO2/c1-16(2)27(17(3)4)25(28)24-12-11-23-22-9-7-18-15-19(29-6)8-10-20(18)21(22)13-14-26(23,24)5/h8,10,15-17,21-24H,7,9,11-14H2,1-6H3/t21-,22-,23+,24-,26+/m1/s1. The van der Waals surface area contributed by atoms with Crippen LogP contribution in [0.1, 0.15) is 83.8 Å². The van der Waals surface area contributed by atoms with Crippen molar-refractivity contribution in [2.45, 2.75) is 91.1 Å². The molecular formula is C26H39NO2. The quantitative estimate of drug-likeness (QED) is 0.641. The van der Waals surface area contributed by atoms with Crippen LogP contribution in [0.4, 0.5) is 0 Å². The normalized spacial score (nSPS) is 33.2. The van der Waals surface area contributed by atoms with Crippen LogP contribution < -0.4 is 4.74 Å². The van der Waals surface area contributed by atoms with Gasteiger partial charge in [0.05, 0.1) is 7.11 Å². The number of hydrogen-bond donors (Lipinski definition) is 0. The second-order valence-corrected chi connectivity index (χ2v) is 10.6. The van der Waals surface area contributed by atoms with Crippen LogP contribution in [-0.4, -0.2) is 30.0 Å². The second kappa shape index (κ2) is 7.63. The highest BCUT2D eigenvalue weighted by Crippen LogP contribution is 2.63. The van der Waals surface area contributed by atoms with Crippen molar-refractivity contribution in [2.24, 2.45) is 23.2 Å². The molecule has 4 rings (SSSR count). The van der Waals surface area contributed by atoms with Crippen molar-refractivity contribution in [3.8, 4) is 5.75 Å². The molecule has 1 amide bonds. The maximum atomic E-state index is 13.6. The van der Waals surface area contributed by atoms with Gasteiger partial charge in [-0.05, 0) is 113 Å². The van der Waals surface area contributed by atoms with Crippen LogP contribution in [-0.2, 0) is 11.2 Å². The van der Waals surface area contributed by atoms with Gasteiger partial charge in [0, 0.05) is 18.0 Å². The Morgan fingerprint density at radius 1 is 1.10 bits per heavy atom. The first kappa shape index (κ1) is 20.8. The number of benzene rings is 1. The van der Waals surface area contributed by atoms with Crippen molar-refractivity contribution in [1.29, 1.82) is 0 Å². The average molecular weight is 398 g/mol. The molecule has 1 aromatic rings. The smallest absolute Gasteiger partial charge is 0.226 e. The lowest BCUT2D eigenvalue weighted by Crippen LogP contribution is -2.50. The Bertz CT molecular complexity index is 762. The fraction of sp³-hybridized carbons (Fsp3) is 0.731. The van der Waals surface area contributed by atoms with E-state index in [0.717, 1.165) is 24.5 Å². The number of methoxy groups -OCH3 is 1. The molecule has 0 radical (unpaired) electrons. The lowest BCUT2D eigenvalue weighted by atomic mass is 9.54. The third-order valence-electron chi connectivity index (χ3n) is 8.60. The number of carbonyl (C=O) groups is 1. The van der Waals surface area contributed by atoms with E-state index < -0.39 is 0 Å². The number of hydrogen-bond acceptors (Lipinski definition) is 2. The van der Waals surface area contributed by atoms with Gasteiger partial charge in [-0.3, -0.25) is 4.79 Å². The van der Waals surface area contributed by atoms with Gasteiger partial charge < -0.3 is 9.64 Å². The summed E-state index contributed by atoms with van der Waals surface area (Å²) in [5.41, 5.74) is 3.22. The minimum atomic E-state index is 0.171. The van der Waals surface area contributed by atoms with E-state index >= 15 is 0 Å². The van der Waals surface area contributed by atoms with Crippen molar-refractivity contribution in [2.75, 3.05) is 7.11 Å². The summed E-state index contributed by atoms with van der Waals surface area (Å²) in [5, 5.41) is 0. The summed E-state index contributed by atoms with van der Waals surface area (Å²) in [6, 6.07) is 7.27. The van der Waals surface area contributed by atoms with Gasteiger partial charge in [-0.1, -0.05) is 13.0 Å². The van der Waals surface area contributed by atoms with E-state index in [9.17, 15) is 4.79 Å². The van der Waals surface area contributed by atoms with E-state index in [1.54, 1.807) is 12.7 Å². The molecule has 5 atom stereocenters. The number of carbonyl (C=O) groups excluding carboxylic acids is 1. The van der Waals surface area contributed by atoms with Gasteiger partial charge in [0.1, 0.15) is 5.75 Å². The molecule has 2 fully saturated rings. The second-order valence-electron chi connectivity index (χ2n) is 10.6. The van der Waals surface area contributed by atoms with E-state index in [1.807, 2.05) is 0 Å². The Hall–Kier alpha value is -1.51. The van der Waals surface area contributed by atoms with Gasteiger partial charge in [0.15, 0.2) is 0 Å². The number of rotatable bonds is 4. The predicted molar refractivity (Wildman–Crippen MR) is 118 cm³/mol. The Kier molecular flexibility index (Phi) is 5.46. The topological polar surface area (TPSA) is 29.5 Å². The Balaban J connectivity index is 1.59. The van der Waals surface area contributed by atoms with Gasteiger partial charge in [-0.2, -0.15) is 0 Å². The molecule has 1 aromatic carbocycles. The predicted octanol–water partition coefficient (Wildman–Crippen LogP) is 5.81. The van der Waals surface area contributed by atoms with Crippen molar-refractivity contribution in [1.82, 2.24) is 4.90 Å². The molecule has 0 aliphatic heterocycles. The maximum absolute atomic E-state index is 13.6. The summed E-state index contributed by atoms with van der Waals surface area (Å²) < 4.78 is 5.46. The van der Waals surface area contributed by atoms with Crippen LogP contribution in [0.3, 0.4) is 0 Å². The number of amides is 1. The largest absolute Gasteiger partial charge is 0.497 e. The molecule has 160 valence electrons. The molecule has 3 aliphatic carbocycles. The van der Waals surface area contributed by atoms with Gasteiger partial charge in [0.2, 0.25) is 5.91 Å². The zero-order valence-corrected chi connectivity index (χ0v) is 19.2. The number of nitrogens with zero attached hydrogens (tertiary/aromatic N) is 1. The Labute approximate surface area is 177 Å². The molecule has 0 bridgehead atoms. The molecule has 0 heterocycles. The summed E-state index contributed by atoms with van der Waals surface area (Å²) in [6.07, 6.45) is 7.14. The highest BCUT2D eigenvalue weighted by atomic mass is 16.5. The van der Waals surface area contributed by atoms with Crippen LogP contribution in [0.25, 0.3) is 0 Å². The molecule has 3 nitrogen and oxygen atoms in total. The monoisotopic (exact) mass is 397 g/mol. The first-order valence-corrected chi connectivity index (χ1v) is 11.8. The maximum Gasteiger partial charge on any atom is 0.226 e. The third-order valence-corrected chi connectivity index (χ3v) is 8.60. The lowest BCUT2D eigenvalue weighted by Gasteiger charge is -2.51. The van der Waals surface area contributed by atoms with E-state index in [2.05, 4.69) is 57.7 Å². The highest BCUT2D eigenvalue weighted by Gasteiger charge is 2.57. The molecule has 2 saturated carbocycles. The minimum Gasteiger partial charge on any atom is -0.497 e. The summed E-state index contributed by atoms with van der Waals surface area (Å²) in [4.78, 5) is 15.8. The Morgan fingerprint density at radius 3 is 2.48 bits per heavy atom. The van der Waals surface area contributed by atoms with Crippen LogP contribution in [0.5, 0.6) is 5.75 Å². The molecule has 0 aromatic heterocycles. The number of aryl methyl sites for hydroxylation is 1. The van der Waals surface area contributed by atoms with E-state index in [4.69, 9.17) is 4.74 Å². The van der Waals surface area contributed by atoms with Crippen molar-refractivity contribution >= 4 is 5.91 Å². The highest BCUT2D eigenvalue weighted by molar-refractivity contribution is 5.80. The van der Waals surface area contributed by atoms with E-state index in [1.165, 1.54) is 31.2 Å². The van der Waals surface area contributed by atoms with E-state index in [0.29, 0.717) is 17.7 Å². The van der Waals surface area contributed by atoms with Crippen LogP contribution in [0.2, 0.25) is 0 Å². The average Bonchev–Trinajstić information content (AvgIpc) is 3.03. The molecule has 0 spiro atoms. The summed E-state index contributed by atoms with van der Waals surface area (Å²) in [5.74, 6) is 3.69. The van der Waals surface area contributed by atoms with Crippen molar-refractivity contribution in [3.05, 3.63) is 29.3 Å². The van der Waals surface area contributed by atoms with Gasteiger partial charge in [-0.15, -0.1) is 0 Å². The van der Waals surface area contributed by atoms with Crippen molar-refractivity contribution < 1.29 is 9.53 Å². The molecule has 0 N–H and O–H groups in total.